The summed E-state index contributed by atoms with van der Waals surface area (Å²) in [7, 11) is 0. The minimum Gasteiger partial charge on any atom is -0.367 e. The highest BCUT2D eigenvalue weighted by Gasteiger charge is 2.20. The number of hydrogen-bond acceptors (Lipinski definition) is 5. The second kappa shape index (κ2) is 8.06. The number of thiophene rings is 1. The van der Waals surface area contributed by atoms with Crippen molar-refractivity contribution in [2.45, 2.75) is 19.9 Å². The molecule has 2 rings (SSSR count). The third-order valence-electron chi connectivity index (χ3n) is 3.69. The van der Waals surface area contributed by atoms with Crippen molar-refractivity contribution in [2.24, 2.45) is 5.92 Å². The van der Waals surface area contributed by atoms with Crippen LogP contribution in [0.25, 0.3) is 10.2 Å². The zero-order chi connectivity index (χ0) is 15.9. The number of rotatable bonds is 9. The molecule has 0 aliphatic carbocycles. The van der Waals surface area contributed by atoms with Gasteiger partial charge in [0.25, 0.3) is 0 Å². The number of nitrogens with zero attached hydrogens (tertiary/aromatic N) is 3. The van der Waals surface area contributed by atoms with Gasteiger partial charge in [0.15, 0.2) is 0 Å². The van der Waals surface area contributed by atoms with Gasteiger partial charge in [-0.1, -0.05) is 26.0 Å². The predicted molar refractivity (Wildman–Crippen MR) is 96.5 cm³/mol. The molecule has 22 heavy (non-hydrogen) atoms. The van der Waals surface area contributed by atoms with Crippen LogP contribution in [0.5, 0.6) is 0 Å². The van der Waals surface area contributed by atoms with Crippen LogP contribution in [0.1, 0.15) is 13.8 Å². The highest BCUT2D eigenvalue weighted by Crippen LogP contribution is 2.25. The van der Waals surface area contributed by atoms with Crippen molar-refractivity contribution >= 4 is 27.4 Å². The zero-order valence-electron chi connectivity index (χ0n) is 13.3. The van der Waals surface area contributed by atoms with Gasteiger partial charge >= 0.3 is 0 Å². The quantitative estimate of drug-likeness (QED) is 0.714. The van der Waals surface area contributed by atoms with Crippen LogP contribution in [0.2, 0.25) is 0 Å². The fourth-order valence-corrected chi connectivity index (χ4v) is 3.39. The van der Waals surface area contributed by atoms with Crippen molar-refractivity contribution in [3.05, 3.63) is 43.1 Å². The van der Waals surface area contributed by atoms with E-state index in [0.717, 1.165) is 35.7 Å². The second-order valence-electron chi connectivity index (χ2n) is 5.58. The third kappa shape index (κ3) is 3.93. The Hall–Kier alpha value is -1.72. The molecule has 0 bridgehead atoms. The van der Waals surface area contributed by atoms with Gasteiger partial charge in [0.1, 0.15) is 12.1 Å². The number of aromatic nitrogens is 2. The lowest BCUT2D eigenvalue weighted by atomic mass is 10.0. The molecular weight excluding hydrogens is 292 g/mol. The van der Waals surface area contributed by atoms with Crippen LogP contribution < -0.4 is 5.32 Å². The molecule has 0 saturated carbocycles. The zero-order valence-corrected chi connectivity index (χ0v) is 14.1. The molecule has 4 nitrogen and oxygen atoms in total. The van der Waals surface area contributed by atoms with Crippen LogP contribution in [-0.2, 0) is 0 Å². The summed E-state index contributed by atoms with van der Waals surface area (Å²) in [6.07, 6.45) is 5.51. The van der Waals surface area contributed by atoms with Gasteiger partial charge in [0.05, 0.1) is 10.2 Å². The maximum Gasteiger partial charge on any atom is 0.147 e. The first-order valence-corrected chi connectivity index (χ1v) is 8.43. The van der Waals surface area contributed by atoms with E-state index in [1.54, 1.807) is 17.7 Å². The number of fused-ring (bicyclic) bond motifs is 1. The molecule has 0 radical (unpaired) electrons. The van der Waals surface area contributed by atoms with Crippen molar-refractivity contribution in [3.8, 4) is 0 Å². The van der Waals surface area contributed by atoms with Crippen molar-refractivity contribution in [1.29, 1.82) is 0 Å². The van der Waals surface area contributed by atoms with Gasteiger partial charge < -0.3 is 5.32 Å². The first-order valence-electron chi connectivity index (χ1n) is 7.55. The molecule has 2 aromatic heterocycles. The number of anilines is 1. The molecular formula is C17H24N4S. The van der Waals surface area contributed by atoms with Crippen LogP contribution >= 0.6 is 11.3 Å². The van der Waals surface area contributed by atoms with Crippen molar-refractivity contribution in [1.82, 2.24) is 14.9 Å². The van der Waals surface area contributed by atoms with E-state index in [9.17, 15) is 0 Å². The van der Waals surface area contributed by atoms with Crippen LogP contribution in [0.3, 0.4) is 0 Å². The van der Waals surface area contributed by atoms with E-state index >= 15 is 0 Å². The molecule has 0 saturated heterocycles. The van der Waals surface area contributed by atoms with E-state index in [-0.39, 0.29) is 0 Å². The van der Waals surface area contributed by atoms with Gasteiger partial charge in [-0.25, -0.2) is 9.97 Å². The van der Waals surface area contributed by atoms with Gasteiger partial charge in [0, 0.05) is 25.7 Å². The summed E-state index contributed by atoms with van der Waals surface area (Å²) in [5.74, 6) is 1.44. The van der Waals surface area contributed by atoms with E-state index in [0.29, 0.717) is 12.0 Å². The van der Waals surface area contributed by atoms with E-state index in [4.69, 9.17) is 0 Å². The molecule has 0 aliphatic rings. The average molecular weight is 316 g/mol. The van der Waals surface area contributed by atoms with E-state index < -0.39 is 0 Å². The fraction of sp³-hybridized carbons (Fsp3) is 0.412. The summed E-state index contributed by atoms with van der Waals surface area (Å²) in [4.78, 5) is 11.1. The Morgan fingerprint density at radius 2 is 2.00 bits per heavy atom. The molecule has 2 heterocycles. The molecule has 0 fully saturated rings. The van der Waals surface area contributed by atoms with Crippen LogP contribution in [-0.4, -0.2) is 40.5 Å². The predicted octanol–water partition coefficient (Wildman–Crippen LogP) is 3.80. The van der Waals surface area contributed by atoms with E-state index in [2.05, 4.69) is 47.2 Å². The Kier molecular flexibility index (Phi) is 6.10. The maximum absolute atomic E-state index is 4.39. The SMILES string of the molecule is C=CCN(CC=C)[C@@H](CNc1ncnc2ccsc12)C(C)C. The molecule has 0 aromatic carbocycles. The first-order chi connectivity index (χ1) is 10.7. The third-order valence-corrected chi connectivity index (χ3v) is 4.60. The number of nitrogens with one attached hydrogen (secondary N) is 1. The van der Waals surface area contributed by atoms with Gasteiger partial charge in [0.2, 0.25) is 0 Å². The molecule has 5 heteroatoms. The second-order valence-corrected chi connectivity index (χ2v) is 6.50. The molecule has 0 unspecified atom stereocenters. The Morgan fingerprint density at radius 1 is 1.27 bits per heavy atom. The maximum atomic E-state index is 4.39. The smallest absolute Gasteiger partial charge is 0.147 e. The lowest BCUT2D eigenvalue weighted by Crippen LogP contribution is -2.43. The summed E-state index contributed by atoms with van der Waals surface area (Å²) in [5.41, 5.74) is 0.998. The van der Waals surface area contributed by atoms with Crippen LogP contribution in [0.15, 0.2) is 43.1 Å². The van der Waals surface area contributed by atoms with Crippen LogP contribution in [0.4, 0.5) is 5.82 Å². The molecule has 118 valence electrons. The van der Waals surface area contributed by atoms with Crippen LogP contribution in [0, 0.1) is 5.92 Å². The Labute approximate surface area is 136 Å². The molecule has 0 spiro atoms. The van der Waals surface area contributed by atoms with Crippen molar-refractivity contribution < 1.29 is 0 Å². The fourth-order valence-electron chi connectivity index (χ4n) is 2.58. The Balaban J connectivity index is 2.12. The standard InChI is InChI=1S/C17H24N4S/c1-5-8-21(9-6-2)15(13(3)4)11-18-17-16-14(7-10-22-16)19-12-20-17/h5-7,10,12-13,15H,1-2,8-9,11H2,3-4H3,(H,18,19,20)/t15-/m0/s1. The molecule has 2 aromatic rings. The topological polar surface area (TPSA) is 41.0 Å². The Morgan fingerprint density at radius 3 is 2.64 bits per heavy atom. The average Bonchev–Trinajstić information content (AvgIpc) is 2.96. The largest absolute Gasteiger partial charge is 0.367 e. The van der Waals surface area contributed by atoms with Gasteiger partial charge in [-0.2, -0.15) is 0 Å². The van der Waals surface area contributed by atoms with E-state index in [1.165, 1.54) is 0 Å². The molecule has 1 N–H and O–H groups in total. The highest BCUT2D eigenvalue weighted by atomic mass is 32.1. The first kappa shape index (κ1) is 16.6. The van der Waals surface area contributed by atoms with Crippen molar-refractivity contribution in [2.75, 3.05) is 25.0 Å². The summed E-state index contributed by atoms with van der Waals surface area (Å²) in [6.45, 7) is 14.8. The van der Waals surface area contributed by atoms with Crippen molar-refractivity contribution in [3.63, 3.8) is 0 Å². The summed E-state index contributed by atoms with van der Waals surface area (Å²) >= 11 is 1.67. The summed E-state index contributed by atoms with van der Waals surface area (Å²) in [6, 6.07) is 2.41. The van der Waals surface area contributed by atoms with E-state index in [1.807, 2.05) is 23.6 Å². The molecule has 1 atom stereocenters. The minimum absolute atomic E-state index is 0.390. The lowest BCUT2D eigenvalue weighted by Gasteiger charge is -2.33. The lowest BCUT2D eigenvalue weighted by molar-refractivity contribution is 0.199. The minimum atomic E-state index is 0.390. The summed E-state index contributed by atoms with van der Waals surface area (Å²) < 4.78 is 1.11. The monoisotopic (exact) mass is 316 g/mol. The van der Waals surface area contributed by atoms with Gasteiger partial charge in [-0.3, -0.25) is 4.90 Å². The van der Waals surface area contributed by atoms with Gasteiger partial charge in [-0.05, 0) is 17.4 Å². The molecule has 0 aliphatic heterocycles. The molecule has 0 amide bonds. The highest BCUT2D eigenvalue weighted by molar-refractivity contribution is 7.17. The number of hydrogen-bond donors (Lipinski definition) is 1. The normalized spacial score (nSPS) is 12.7. The summed E-state index contributed by atoms with van der Waals surface area (Å²) in [5, 5.41) is 5.55. The van der Waals surface area contributed by atoms with Gasteiger partial charge in [-0.15, -0.1) is 24.5 Å². The Bertz CT molecular complexity index is 610.